The topological polar surface area (TPSA) is 70.6 Å². The fourth-order valence-electron chi connectivity index (χ4n) is 4.97. The van der Waals surface area contributed by atoms with Crippen LogP contribution in [0.4, 0.5) is 10.6 Å². The number of hydrogen-bond acceptors (Lipinski definition) is 5. The number of carbonyl (C=O) groups is 1. The molecule has 1 aliphatic carbocycles. The molecule has 3 aliphatic rings. The molecule has 0 bridgehead atoms. The van der Waals surface area contributed by atoms with Crippen molar-refractivity contribution in [3.63, 3.8) is 0 Å². The Kier molecular flexibility index (Phi) is 4.98. The predicted octanol–water partition coefficient (Wildman–Crippen LogP) is 2.55. The van der Waals surface area contributed by atoms with E-state index < -0.39 is 0 Å². The standard InChI is InChI=1S/C21H33N5O2/c1-13(2)19-22-14(3)12-16(23-19)25-7-9-26(10-8-25)20(27)24-17-15-6-11-28-18(15)21(17,4)5/h12-13,15,17-18H,6-11H2,1-5H3,(H,24,27)/t15-,17+,18-/m0/s1. The lowest BCUT2D eigenvalue weighted by atomic mass is 9.57. The van der Waals surface area contributed by atoms with Gasteiger partial charge < -0.3 is 19.9 Å². The third kappa shape index (κ3) is 3.34. The molecule has 3 atom stereocenters. The molecule has 3 fully saturated rings. The molecule has 4 rings (SSSR count). The van der Waals surface area contributed by atoms with E-state index in [1.54, 1.807) is 0 Å². The number of rotatable bonds is 3. The number of piperazine rings is 1. The van der Waals surface area contributed by atoms with Crippen molar-refractivity contribution in [1.82, 2.24) is 20.2 Å². The summed E-state index contributed by atoms with van der Waals surface area (Å²) in [4.78, 5) is 26.3. The summed E-state index contributed by atoms with van der Waals surface area (Å²) >= 11 is 0. The summed E-state index contributed by atoms with van der Waals surface area (Å²) in [6.45, 7) is 14.5. The van der Waals surface area contributed by atoms with Gasteiger partial charge >= 0.3 is 6.03 Å². The van der Waals surface area contributed by atoms with Crippen LogP contribution in [0.5, 0.6) is 0 Å². The van der Waals surface area contributed by atoms with Crippen LogP contribution in [0, 0.1) is 18.3 Å². The zero-order valence-electron chi connectivity index (χ0n) is 17.7. The Balaban J connectivity index is 1.35. The molecule has 1 saturated carbocycles. The van der Waals surface area contributed by atoms with Crippen LogP contribution < -0.4 is 10.2 Å². The van der Waals surface area contributed by atoms with Gasteiger partial charge in [0.1, 0.15) is 11.6 Å². The van der Waals surface area contributed by atoms with Crippen LogP contribution in [0.2, 0.25) is 0 Å². The van der Waals surface area contributed by atoms with E-state index in [1.165, 1.54) is 0 Å². The Labute approximate surface area is 167 Å². The highest BCUT2D eigenvalue weighted by Gasteiger charge is 2.60. The molecule has 0 spiro atoms. The van der Waals surface area contributed by atoms with Crippen LogP contribution in [0.3, 0.4) is 0 Å². The molecule has 7 heteroatoms. The lowest BCUT2D eigenvalue weighted by Gasteiger charge is -2.55. The van der Waals surface area contributed by atoms with Gasteiger partial charge in [0.2, 0.25) is 0 Å². The van der Waals surface area contributed by atoms with Crippen molar-refractivity contribution in [2.75, 3.05) is 37.7 Å². The summed E-state index contributed by atoms with van der Waals surface area (Å²) in [5, 5.41) is 3.30. The average Bonchev–Trinajstić information content (AvgIpc) is 3.13. The number of nitrogens with zero attached hydrogens (tertiary/aromatic N) is 4. The van der Waals surface area contributed by atoms with E-state index in [2.05, 4.69) is 42.9 Å². The molecule has 3 heterocycles. The minimum atomic E-state index is 0.0182. The van der Waals surface area contributed by atoms with Crippen molar-refractivity contribution in [2.45, 2.75) is 59.1 Å². The van der Waals surface area contributed by atoms with Crippen molar-refractivity contribution in [2.24, 2.45) is 11.3 Å². The maximum Gasteiger partial charge on any atom is 0.317 e. The van der Waals surface area contributed by atoms with Crippen LogP contribution in [0.25, 0.3) is 0 Å². The maximum absolute atomic E-state index is 12.8. The van der Waals surface area contributed by atoms with E-state index in [0.717, 1.165) is 43.5 Å². The van der Waals surface area contributed by atoms with Gasteiger partial charge in [-0.3, -0.25) is 0 Å². The number of carbonyl (C=O) groups excluding carboxylic acids is 1. The first kappa shape index (κ1) is 19.4. The summed E-state index contributed by atoms with van der Waals surface area (Å²) in [6, 6.07) is 2.31. The van der Waals surface area contributed by atoms with Crippen molar-refractivity contribution in [3.05, 3.63) is 17.6 Å². The summed E-state index contributed by atoms with van der Waals surface area (Å²) in [6.07, 6.45) is 1.35. The van der Waals surface area contributed by atoms with Gasteiger partial charge in [0.25, 0.3) is 0 Å². The first-order valence-corrected chi connectivity index (χ1v) is 10.5. The number of fused-ring (bicyclic) bond motifs is 1. The summed E-state index contributed by atoms with van der Waals surface area (Å²) in [5.41, 5.74) is 1.01. The number of anilines is 1. The Hall–Kier alpha value is -1.89. The van der Waals surface area contributed by atoms with Gasteiger partial charge in [0, 0.05) is 67.8 Å². The highest BCUT2D eigenvalue weighted by atomic mass is 16.5. The molecule has 0 radical (unpaired) electrons. The smallest absolute Gasteiger partial charge is 0.317 e. The van der Waals surface area contributed by atoms with Crippen molar-refractivity contribution in [1.29, 1.82) is 0 Å². The molecule has 1 aromatic heterocycles. The van der Waals surface area contributed by atoms with Gasteiger partial charge in [0.15, 0.2) is 0 Å². The fourth-order valence-corrected chi connectivity index (χ4v) is 4.97. The van der Waals surface area contributed by atoms with Gasteiger partial charge in [-0.25, -0.2) is 14.8 Å². The molecule has 0 unspecified atom stereocenters. The molecule has 2 saturated heterocycles. The fraction of sp³-hybridized carbons (Fsp3) is 0.762. The van der Waals surface area contributed by atoms with Crippen LogP contribution in [-0.4, -0.2) is 65.8 Å². The molecule has 1 N–H and O–H groups in total. The number of aryl methyl sites for hydroxylation is 1. The SMILES string of the molecule is Cc1cc(N2CCN(C(=O)N[C@@H]3[C@@H]4CCO[C@@H]4C3(C)C)CC2)nc(C(C)C)n1. The Morgan fingerprint density at radius 3 is 2.64 bits per heavy atom. The monoisotopic (exact) mass is 387 g/mol. The molecule has 2 aliphatic heterocycles. The largest absolute Gasteiger partial charge is 0.377 e. The number of hydrogen-bond donors (Lipinski definition) is 1. The molecule has 1 aromatic rings. The van der Waals surface area contributed by atoms with E-state index in [4.69, 9.17) is 9.72 Å². The third-order valence-corrected chi connectivity index (χ3v) is 6.64. The highest BCUT2D eigenvalue weighted by Crippen LogP contribution is 2.52. The van der Waals surface area contributed by atoms with Crippen molar-refractivity contribution in [3.8, 4) is 0 Å². The van der Waals surface area contributed by atoms with Crippen LogP contribution in [-0.2, 0) is 4.74 Å². The van der Waals surface area contributed by atoms with E-state index >= 15 is 0 Å². The van der Waals surface area contributed by atoms with Gasteiger partial charge in [-0.1, -0.05) is 27.7 Å². The summed E-state index contributed by atoms with van der Waals surface area (Å²) in [7, 11) is 0. The second-order valence-electron chi connectivity index (χ2n) is 9.35. The number of ether oxygens (including phenoxy) is 1. The summed E-state index contributed by atoms with van der Waals surface area (Å²) < 4.78 is 5.84. The van der Waals surface area contributed by atoms with E-state index in [1.807, 2.05) is 17.9 Å². The number of amides is 2. The average molecular weight is 388 g/mol. The first-order chi connectivity index (χ1) is 13.3. The Morgan fingerprint density at radius 1 is 1.25 bits per heavy atom. The Bertz CT molecular complexity index is 742. The Morgan fingerprint density at radius 2 is 1.96 bits per heavy atom. The van der Waals surface area contributed by atoms with E-state index in [-0.39, 0.29) is 17.5 Å². The van der Waals surface area contributed by atoms with Crippen LogP contribution >= 0.6 is 0 Å². The minimum absolute atomic E-state index is 0.0182. The second kappa shape index (κ2) is 7.17. The van der Waals surface area contributed by atoms with Crippen molar-refractivity contribution >= 4 is 11.8 Å². The van der Waals surface area contributed by atoms with Crippen LogP contribution in [0.1, 0.15) is 51.6 Å². The normalized spacial score (nSPS) is 28.9. The zero-order chi connectivity index (χ0) is 20.1. The minimum Gasteiger partial charge on any atom is -0.377 e. The van der Waals surface area contributed by atoms with Gasteiger partial charge in [-0.2, -0.15) is 0 Å². The number of aromatic nitrogens is 2. The number of urea groups is 1. The first-order valence-electron chi connectivity index (χ1n) is 10.5. The molecular formula is C21H33N5O2. The predicted molar refractivity (Wildman–Crippen MR) is 109 cm³/mol. The van der Waals surface area contributed by atoms with Gasteiger partial charge in [0.05, 0.1) is 6.10 Å². The maximum atomic E-state index is 12.8. The van der Waals surface area contributed by atoms with Gasteiger partial charge in [-0.15, -0.1) is 0 Å². The quantitative estimate of drug-likeness (QED) is 0.863. The third-order valence-electron chi connectivity index (χ3n) is 6.64. The van der Waals surface area contributed by atoms with E-state index in [9.17, 15) is 4.79 Å². The van der Waals surface area contributed by atoms with Crippen molar-refractivity contribution < 1.29 is 9.53 Å². The molecule has 154 valence electrons. The van der Waals surface area contributed by atoms with E-state index in [0.29, 0.717) is 31.0 Å². The van der Waals surface area contributed by atoms with Crippen LogP contribution in [0.15, 0.2) is 6.07 Å². The lowest BCUT2D eigenvalue weighted by Crippen LogP contribution is -2.68. The second-order valence-corrected chi connectivity index (χ2v) is 9.35. The zero-order valence-corrected chi connectivity index (χ0v) is 17.7. The van der Waals surface area contributed by atoms with Gasteiger partial charge in [-0.05, 0) is 13.3 Å². The summed E-state index contributed by atoms with van der Waals surface area (Å²) in [5.74, 6) is 2.64. The molecule has 0 aromatic carbocycles. The molecular weight excluding hydrogens is 354 g/mol. The highest BCUT2D eigenvalue weighted by molar-refractivity contribution is 5.75. The molecule has 2 amide bonds. The molecule has 28 heavy (non-hydrogen) atoms. The molecule has 7 nitrogen and oxygen atoms in total. The lowest BCUT2D eigenvalue weighted by molar-refractivity contribution is -0.109. The number of nitrogens with one attached hydrogen (secondary N) is 1.